The van der Waals surface area contributed by atoms with Crippen molar-refractivity contribution in [2.24, 2.45) is 0 Å². The van der Waals surface area contributed by atoms with Gasteiger partial charge in [0.2, 0.25) is 12.7 Å². The van der Waals surface area contributed by atoms with Crippen molar-refractivity contribution in [1.29, 1.82) is 0 Å². The summed E-state index contributed by atoms with van der Waals surface area (Å²) in [5.41, 5.74) is 0.376. The van der Waals surface area contributed by atoms with Crippen molar-refractivity contribution >= 4 is 17.8 Å². The Balaban J connectivity index is 1.36. The SMILES string of the molecule is C[C@]1(c2ccc3c(c2)OCO3)NC(=O)N(CC(=O)N(C2=CCCCC2)C2CC2)C1=O. The molecular weight excluding hydrogens is 386 g/mol. The fourth-order valence-corrected chi connectivity index (χ4v) is 4.43. The number of urea groups is 1. The lowest BCUT2D eigenvalue weighted by atomic mass is 9.91. The van der Waals surface area contributed by atoms with Crippen LogP contribution in [0.4, 0.5) is 4.79 Å². The summed E-state index contributed by atoms with van der Waals surface area (Å²) in [7, 11) is 0. The summed E-state index contributed by atoms with van der Waals surface area (Å²) in [5, 5.41) is 2.76. The average Bonchev–Trinajstić information content (AvgIpc) is 3.41. The third-order valence-corrected chi connectivity index (χ3v) is 6.28. The van der Waals surface area contributed by atoms with E-state index < -0.39 is 17.5 Å². The van der Waals surface area contributed by atoms with E-state index in [9.17, 15) is 14.4 Å². The molecule has 0 unspecified atom stereocenters. The second-order valence-corrected chi connectivity index (χ2v) is 8.45. The van der Waals surface area contributed by atoms with Crippen LogP contribution in [0.3, 0.4) is 0 Å². The number of hydrogen-bond donors (Lipinski definition) is 1. The summed E-state index contributed by atoms with van der Waals surface area (Å²) in [4.78, 5) is 41.9. The van der Waals surface area contributed by atoms with Gasteiger partial charge in [-0.25, -0.2) is 4.79 Å². The van der Waals surface area contributed by atoms with Crippen LogP contribution < -0.4 is 14.8 Å². The number of ether oxygens (including phenoxy) is 2. The van der Waals surface area contributed by atoms with Gasteiger partial charge in [0.25, 0.3) is 5.91 Å². The van der Waals surface area contributed by atoms with Gasteiger partial charge in [-0.3, -0.25) is 14.5 Å². The predicted octanol–water partition coefficient (Wildman–Crippen LogP) is 2.63. The van der Waals surface area contributed by atoms with E-state index in [4.69, 9.17) is 9.47 Å². The Bertz CT molecular complexity index is 954. The fraction of sp³-hybridized carbons (Fsp3) is 0.500. The van der Waals surface area contributed by atoms with E-state index in [0.717, 1.165) is 49.1 Å². The molecule has 2 fully saturated rings. The van der Waals surface area contributed by atoms with E-state index >= 15 is 0 Å². The summed E-state index contributed by atoms with van der Waals surface area (Å²) in [6.45, 7) is 1.53. The molecule has 30 heavy (non-hydrogen) atoms. The Morgan fingerprint density at radius 3 is 2.77 bits per heavy atom. The van der Waals surface area contributed by atoms with Crippen molar-refractivity contribution in [3.63, 3.8) is 0 Å². The largest absolute Gasteiger partial charge is 0.454 e. The number of rotatable bonds is 5. The van der Waals surface area contributed by atoms with E-state index in [2.05, 4.69) is 11.4 Å². The Morgan fingerprint density at radius 2 is 2.03 bits per heavy atom. The maximum Gasteiger partial charge on any atom is 0.325 e. The first kappa shape index (κ1) is 19.0. The Morgan fingerprint density at radius 1 is 1.23 bits per heavy atom. The standard InChI is InChI=1S/C22H25N3O5/c1-22(14-7-10-17-18(11-14)30-13-29-17)20(27)24(21(28)23-22)12-19(26)25(16-8-9-16)15-5-3-2-4-6-15/h5,7,10-11,16H,2-4,6,8-9,12-13H2,1H3,(H,23,28)/t22-/m1/s1. The smallest absolute Gasteiger partial charge is 0.325 e. The number of benzene rings is 1. The Kier molecular flexibility index (Phi) is 4.45. The van der Waals surface area contributed by atoms with Gasteiger partial charge in [0.1, 0.15) is 12.1 Å². The molecule has 8 nitrogen and oxygen atoms in total. The molecule has 0 radical (unpaired) electrons. The van der Waals surface area contributed by atoms with Gasteiger partial charge >= 0.3 is 6.03 Å². The maximum atomic E-state index is 13.2. The molecular formula is C22H25N3O5. The Labute approximate surface area is 174 Å². The molecule has 2 aliphatic carbocycles. The van der Waals surface area contributed by atoms with Crippen LogP contribution in [-0.2, 0) is 15.1 Å². The van der Waals surface area contributed by atoms with Crippen molar-refractivity contribution in [3.05, 3.63) is 35.5 Å². The van der Waals surface area contributed by atoms with Gasteiger partial charge in [-0.05, 0) is 63.1 Å². The first-order valence-electron chi connectivity index (χ1n) is 10.5. The lowest BCUT2D eigenvalue weighted by Gasteiger charge is -2.29. The molecule has 1 N–H and O–H groups in total. The fourth-order valence-electron chi connectivity index (χ4n) is 4.43. The first-order valence-corrected chi connectivity index (χ1v) is 10.5. The van der Waals surface area contributed by atoms with Gasteiger partial charge < -0.3 is 19.7 Å². The molecule has 1 saturated heterocycles. The molecule has 1 atom stereocenters. The zero-order valence-electron chi connectivity index (χ0n) is 17.0. The third kappa shape index (κ3) is 3.11. The van der Waals surface area contributed by atoms with Gasteiger partial charge in [-0.1, -0.05) is 12.1 Å². The highest BCUT2D eigenvalue weighted by molar-refractivity contribution is 6.09. The van der Waals surface area contributed by atoms with E-state index in [1.54, 1.807) is 25.1 Å². The van der Waals surface area contributed by atoms with Crippen LogP contribution in [0.2, 0.25) is 0 Å². The number of hydrogen-bond acceptors (Lipinski definition) is 5. The predicted molar refractivity (Wildman–Crippen MR) is 107 cm³/mol. The summed E-state index contributed by atoms with van der Waals surface area (Å²) < 4.78 is 10.7. The topological polar surface area (TPSA) is 88.2 Å². The van der Waals surface area contributed by atoms with Crippen LogP contribution in [0.5, 0.6) is 11.5 Å². The monoisotopic (exact) mass is 411 g/mol. The van der Waals surface area contributed by atoms with Gasteiger partial charge in [0.15, 0.2) is 11.5 Å². The van der Waals surface area contributed by atoms with Crippen LogP contribution in [0.1, 0.15) is 51.0 Å². The van der Waals surface area contributed by atoms with Gasteiger partial charge in [0, 0.05) is 11.7 Å². The minimum atomic E-state index is -1.26. The van der Waals surface area contributed by atoms with Crippen molar-refractivity contribution in [2.75, 3.05) is 13.3 Å². The zero-order valence-corrected chi connectivity index (χ0v) is 17.0. The second-order valence-electron chi connectivity index (χ2n) is 8.45. The van der Waals surface area contributed by atoms with Crippen molar-refractivity contribution in [1.82, 2.24) is 15.1 Å². The van der Waals surface area contributed by atoms with Crippen LogP contribution >= 0.6 is 0 Å². The number of nitrogens with one attached hydrogen (secondary N) is 1. The number of fused-ring (bicyclic) bond motifs is 1. The molecule has 1 aromatic carbocycles. The minimum Gasteiger partial charge on any atom is -0.454 e. The van der Waals surface area contributed by atoms with E-state index in [1.165, 1.54) is 0 Å². The molecule has 1 aromatic rings. The number of carbonyl (C=O) groups excluding carboxylic acids is 3. The molecule has 0 aromatic heterocycles. The first-order chi connectivity index (χ1) is 14.5. The van der Waals surface area contributed by atoms with Crippen molar-refractivity contribution < 1.29 is 23.9 Å². The summed E-state index contributed by atoms with van der Waals surface area (Å²) in [6, 6.07) is 4.81. The molecule has 2 heterocycles. The minimum absolute atomic E-state index is 0.128. The number of nitrogens with zero attached hydrogens (tertiary/aromatic N) is 2. The third-order valence-electron chi connectivity index (χ3n) is 6.28. The maximum absolute atomic E-state index is 13.2. The lowest BCUT2D eigenvalue weighted by molar-refractivity contribution is -0.138. The van der Waals surface area contributed by atoms with Crippen LogP contribution in [0.25, 0.3) is 0 Å². The van der Waals surface area contributed by atoms with Crippen LogP contribution in [0, 0.1) is 0 Å². The molecule has 0 bridgehead atoms. The lowest BCUT2D eigenvalue weighted by Crippen LogP contribution is -2.45. The molecule has 8 heteroatoms. The number of amides is 4. The molecule has 5 rings (SSSR count). The van der Waals surface area contributed by atoms with E-state index in [1.807, 2.05) is 4.90 Å². The molecule has 1 saturated carbocycles. The molecule has 158 valence electrons. The molecule has 4 aliphatic rings. The van der Waals surface area contributed by atoms with Gasteiger partial charge in [-0.2, -0.15) is 0 Å². The molecule has 4 amide bonds. The summed E-state index contributed by atoms with van der Waals surface area (Å²) in [6.07, 6.45) is 8.11. The highest BCUT2D eigenvalue weighted by atomic mass is 16.7. The second kappa shape index (κ2) is 7.04. The van der Waals surface area contributed by atoms with E-state index in [-0.39, 0.29) is 25.3 Å². The number of allylic oxidation sites excluding steroid dienone is 2. The van der Waals surface area contributed by atoms with E-state index in [0.29, 0.717) is 17.1 Å². The highest BCUT2D eigenvalue weighted by Gasteiger charge is 2.50. The van der Waals surface area contributed by atoms with Crippen molar-refractivity contribution in [2.45, 2.75) is 57.0 Å². The van der Waals surface area contributed by atoms with Gasteiger partial charge in [-0.15, -0.1) is 0 Å². The number of carbonyl (C=O) groups is 3. The molecule has 0 spiro atoms. The summed E-state index contributed by atoms with van der Waals surface area (Å²) in [5.74, 6) is 0.513. The normalized spacial score (nSPS) is 25.2. The van der Waals surface area contributed by atoms with Crippen LogP contribution in [0.15, 0.2) is 30.0 Å². The highest BCUT2D eigenvalue weighted by Crippen LogP contribution is 2.38. The quantitative estimate of drug-likeness (QED) is 0.753. The van der Waals surface area contributed by atoms with Crippen LogP contribution in [-0.4, -0.2) is 47.0 Å². The Hall–Kier alpha value is -3.03. The molecule has 2 aliphatic heterocycles. The average molecular weight is 411 g/mol. The van der Waals surface area contributed by atoms with Crippen molar-refractivity contribution in [3.8, 4) is 11.5 Å². The number of imide groups is 1. The van der Waals surface area contributed by atoms with Gasteiger partial charge in [0.05, 0.1) is 0 Å². The zero-order chi connectivity index (χ0) is 20.9. The summed E-state index contributed by atoms with van der Waals surface area (Å²) >= 11 is 0.